The summed E-state index contributed by atoms with van der Waals surface area (Å²) in [5, 5.41) is 8.99. The fraction of sp³-hybridized carbons (Fsp3) is 0.100. The third-order valence-corrected chi connectivity index (χ3v) is 4.82. The number of benzene rings is 1. The maximum atomic E-state index is 13.1. The monoisotopic (exact) mass is 375 g/mol. The van der Waals surface area contributed by atoms with Gasteiger partial charge in [-0.25, -0.2) is 4.98 Å². The molecule has 0 unspecified atom stereocenters. The summed E-state index contributed by atoms with van der Waals surface area (Å²) in [5.41, 5.74) is 9.69. The van der Waals surface area contributed by atoms with Crippen LogP contribution in [-0.4, -0.2) is 18.9 Å². The summed E-state index contributed by atoms with van der Waals surface area (Å²) in [6, 6.07) is 12.9. The maximum absolute atomic E-state index is 13.1. The SMILES string of the molecule is Cc1ccc(-n2c(=N)c(C(N)=S)cc3c(=O)n4cccc(C)c4nc32)cc1. The Morgan fingerprint density at radius 2 is 1.85 bits per heavy atom. The first-order valence-electron chi connectivity index (χ1n) is 8.37. The van der Waals surface area contributed by atoms with Gasteiger partial charge in [0.2, 0.25) is 0 Å². The van der Waals surface area contributed by atoms with Crippen LogP contribution in [-0.2, 0) is 0 Å². The van der Waals surface area contributed by atoms with E-state index in [0.717, 1.165) is 16.8 Å². The molecule has 0 aliphatic rings. The summed E-state index contributed by atoms with van der Waals surface area (Å²) in [7, 11) is 0. The van der Waals surface area contributed by atoms with Crippen molar-refractivity contribution in [2.75, 3.05) is 0 Å². The molecule has 4 rings (SSSR count). The zero-order valence-electron chi connectivity index (χ0n) is 14.9. The molecular weight excluding hydrogens is 358 g/mol. The number of nitrogens with one attached hydrogen (secondary N) is 1. The fourth-order valence-electron chi connectivity index (χ4n) is 3.17. The van der Waals surface area contributed by atoms with Gasteiger partial charge in [0.1, 0.15) is 16.1 Å². The number of aromatic nitrogens is 3. The van der Waals surface area contributed by atoms with Crippen LogP contribution in [0.1, 0.15) is 16.7 Å². The van der Waals surface area contributed by atoms with E-state index in [1.54, 1.807) is 22.9 Å². The first kappa shape index (κ1) is 17.1. The Hall–Kier alpha value is -3.32. The Bertz CT molecular complexity index is 1350. The molecule has 27 heavy (non-hydrogen) atoms. The van der Waals surface area contributed by atoms with Crippen molar-refractivity contribution in [1.82, 2.24) is 14.0 Å². The number of fused-ring (bicyclic) bond motifs is 2. The minimum Gasteiger partial charge on any atom is -0.389 e. The van der Waals surface area contributed by atoms with Gasteiger partial charge in [0.15, 0.2) is 5.65 Å². The van der Waals surface area contributed by atoms with E-state index in [2.05, 4.69) is 0 Å². The Morgan fingerprint density at radius 3 is 2.52 bits per heavy atom. The van der Waals surface area contributed by atoms with Crippen LogP contribution in [0.15, 0.2) is 53.5 Å². The zero-order chi connectivity index (χ0) is 19.3. The number of thiocarbonyl (C=S) groups is 1. The molecule has 1 aromatic carbocycles. The molecule has 0 saturated carbocycles. The molecule has 0 spiro atoms. The standard InChI is InChI=1S/C20H17N5OS/c1-11-5-7-13(8-6-11)25-16(21)14(17(22)27)10-15-19(25)23-18-12(2)4-3-9-24(18)20(15)26/h3-10,21H,1-2H3,(H2,22,27). The van der Waals surface area contributed by atoms with Crippen molar-refractivity contribution >= 4 is 33.9 Å². The maximum Gasteiger partial charge on any atom is 0.267 e. The van der Waals surface area contributed by atoms with Gasteiger partial charge in [-0.1, -0.05) is 36.0 Å². The summed E-state index contributed by atoms with van der Waals surface area (Å²) < 4.78 is 3.13. The van der Waals surface area contributed by atoms with Crippen LogP contribution in [0.25, 0.3) is 22.4 Å². The topological polar surface area (TPSA) is 89.2 Å². The molecule has 6 nitrogen and oxygen atoms in total. The molecule has 0 fully saturated rings. The van der Waals surface area contributed by atoms with Gasteiger partial charge >= 0.3 is 0 Å². The molecule has 0 radical (unpaired) electrons. The summed E-state index contributed by atoms with van der Waals surface area (Å²) >= 11 is 5.12. The van der Waals surface area contributed by atoms with Gasteiger partial charge in [0.25, 0.3) is 5.56 Å². The van der Waals surface area contributed by atoms with E-state index in [4.69, 9.17) is 28.3 Å². The van der Waals surface area contributed by atoms with Gasteiger partial charge in [-0.05, 0) is 43.7 Å². The van der Waals surface area contributed by atoms with Crippen LogP contribution < -0.4 is 16.8 Å². The van der Waals surface area contributed by atoms with Crippen molar-refractivity contribution in [3.63, 3.8) is 0 Å². The molecule has 0 bridgehead atoms. The second kappa shape index (κ2) is 6.14. The first-order chi connectivity index (χ1) is 12.9. The highest BCUT2D eigenvalue weighted by atomic mass is 32.1. The highest BCUT2D eigenvalue weighted by Gasteiger charge is 2.16. The minimum atomic E-state index is -0.225. The van der Waals surface area contributed by atoms with Gasteiger partial charge < -0.3 is 5.73 Å². The van der Waals surface area contributed by atoms with E-state index in [1.165, 1.54) is 4.40 Å². The predicted molar refractivity (Wildman–Crippen MR) is 110 cm³/mol. The number of nitrogens with two attached hydrogens (primary N) is 1. The number of hydrogen-bond donors (Lipinski definition) is 2. The second-order valence-electron chi connectivity index (χ2n) is 6.48. The number of rotatable bonds is 2. The van der Waals surface area contributed by atoms with E-state index in [9.17, 15) is 4.79 Å². The van der Waals surface area contributed by atoms with Crippen LogP contribution in [0.4, 0.5) is 0 Å². The lowest BCUT2D eigenvalue weighted by molar-refractivity contribution is 0.931. The normalized spacial score (nSPS) is 11.2. The lowest BCUT2D eigenvalue weighted by atomic mass is 10.1. The second-order valence-corrected chi connectivity index (χ2v) is 6.92. The van der Waals surface area contributed by atoms with Crippen molar-refractivity contribution in [3.8, 4) is 5.69 Å². The van der Waals surface area contributed by atoms with E-state index in [0.29, 0.717) is 22.2 Å². The Labute approximate surface area is 160 Å². The van der Waals surface area contributed by atoms with Gasteiger partial charge in [-0.3, -0.25) is 19.2 Å². The number of hydrogen-bond acceptors (Lipinski definition) is 4. The molecule has 0 atom stereocenters. The molecule has 134 valence electrons. The third-order valence-electron chi connectivity index (χ3n) is 4.60. The number of aryl methyl sites for hydroxylation is 2. The first-order valence-corrected chi connectivity index (χ1v) is 8.78. The zero-order valence-corrected chi connectivity index (χ0v) is 15.7. The smallest absolute Gasteiger partial charge is 0.267 e. The predicted octanol–water partition coefficient (Wildman–Crippen LogP) is 2.37. The van der Waals surface area contributed by atoms with Crippen LogP contribution >= 0.6 is 12.2 Å². The van der Waals surface area contributed by atoms with Crippen molar-refractivity contribution in [1.29, 1.82) is 5.41 Å². The number of pyridine rings is 2. The fourth-order valence-corrected chi connectivity index (χ4v) is 3.32. The average Bonchev–Trinajstić information content (AvgIpc) is 2.63. The highest BCUT2D eigenvalue weighted by Crippen LogP contribution is 2.17. The molecule has 3 aromatic heterocycles. The number of nitrogens with zero attached hydrogens (tertiary/aromatic N) is 3. The van der Waals surface area contributed by atoms with Gasteiger partial charge in [-0.2, -0.15) is 0 Å². The van der Waals surface area contributed by atoms with Crippen molar-refractivity contribution in [3.05, 3.63) is 81.2 Å². The molecule has 0 aliphatic heterocycles. The molecule has 3 heterocycles. The van der Waals surface area contributed by atoms with Gasteiger partial charge in [-0.15, -0.1) is 0 Å². The van der Waals surface area contributed by atoms with Crippen molar-refractivity contribution < 1.29 is 0 Å². The van der Waals surface area contributed by atoms with Crippen LogP contribution in [0.3, 0.4) is 0 Å². The summed E-state index contributed by atoms with van der Waals surface area (Å²) in [4.78, 5) is 17.9. The van der Waals surface area contributed by atoms with Crippen molar-refractivity contribution in [2.24, 2.45) is 5.73 Å². The third kappa shape index (κ3) is 2.63. The molecule has 4 aromatic rings. The van der Waals surface area contributed by atoms with Crippen LogP contribution in [0.5, 0.6) is 0 Å². The van der Waals surface area contributed by atoms with Crippen LogP contribution in [0.2, 0.25) is 0 Å². The van der Waals surface area contributed by atoms with Gasteiger partial charge in [0.05, 0.1) is 10.9 Å². The lowest BCUT2D eigenvalue weighted by Gasteiger charge is -2.15. The Kier molecular flexibility index (Phi) is 3.89. The molecule has 7 heteroatoms. The molecular formula is C20H17N5OS. The van der Waals surface area contributed by atoms with E-state index < -0.39 is 0 Å². The molecule has 0 saturated heterocycles. The van der Waals surface area contributed by atoms with E-state index in [-0.39, 0.29) is 16.0 Å². The Morgan fingerprint density at radius 1 is 1.15 bits per heavy atom. The molecule has 0 amide bonds. The summed E-state index contributed by atoms with van der Waals surface area (Å²) in [6.45, 7) is 3.88. The molecule has 3 N–H and O–H groups in total. The summed E-state index contributed by atoms with van der Waals surface area (Å²) in [5.74, 6) is 0. The lowest BCUT2D eigenvalue weighted by Crippen LogP contribution is -2.31. The van der Waals surface area contributed by atoms with Crippen LogP contribution in [0, 0.1) is 19.3 Å². The summed E-state index contributed by atoms with van der Waals surface area (Å²) in [6.07, 6.45) is 1.68. The van der Waals surface area contributed by atoms with Gasteiger partial charge in [0, 0.05) is 11.9 Å². The Balaban J connectivity index is 2.28. The largest absolute Gasteiger partial charge is 0.389 e. The quantitative estimate of drug-likeness (QED) is 0.416. The average molecular weight is 375 g/mol. The van der Waals surface area contributed by atoms with E-state index in [1.807, 2.05) is 44.2 Å². The molecule has 0 aliphatic carbocycles. The highest BCUT2D eigenvalue weighted by molar-refractivity contribution is 7.80. The van der Waals surface area contributed by atoms with Crippen molar-refractivity contribution in [2.45, 2.75) is 13.8 Å². The minimum absolute atomic E-state index is 0.0662. The van der Waals surface area contributed by atoms with E-state index >= 15 is 0 Å².